The lowest BCUT2D eigenvalue weighted by molar-refractivity contribution is -0.384. The summed E-state index contributed by atoms with van der Waals surface area (Å²) in [6, 6.07) is 21.8. The first-order valence-corrected chi connectivity index (χ1v) is 10.2. The van der Waals surface area contributed by atoms with Gasteiger partial charge >= 0.3 is 0 Å². The number of imide groups is 1. The molecule has 2 aliphatic heterocycles. The first-order chi connectivity index (χ1) is 15.5. The van der Waals surface area contributed by atoms with Crippen molar-refractivity contribution in [2.45, 2.75) is 19.1 Å². The number of aryl methyl sites for hydroxylation is 1. The molecule has 160 valence electrons. The van der Waals surface area contributed by atoms with Gasteiger partial charge in [0.25, 0.3) is 11.6 Å². The third-order valence-corrected chi connectivity index (χ3v) is 5.81. The van der Waals surface area contributed by atoms with E-state index >= 15 is 0 Å². The van der Waals surface area contributed by atoms with Crippen molar-refractivity contribution in [1.29, 1.82) is 0 Å². The number of rotatable bonds is 4. The first kappa shape index (κ1) is 19.9. The number of fused-ring (bicyclic) bond motifs is 1. The molecule has 0 bridgehead atoms. The number of benzene rings is 3. The van der Waals surface area contributed by atoms with Crippen LogP contribution in [-0.4, -0.2) is 22.8 Å². The largest absolute Gasteiger partial charge is 0.273 e. The molecule has 5 rings (SSSR count). The maximum Gasteiger partial charge on any atom is 0.271 e. The van der Waals surface area contributed by atoms with Crippen LogP contribution in [0.2, 0.25) is 0 Å². The van der Waals surface area contributed by atoms with Crippen molar-refractivity contribution in [3.05, 3.63) is 100 Å². The fraction of sp³-hybridized carbons (Fsp3) is 0.167. The average molecular weight is 429 g/mol. The van der Waals surface area contributed by atoms with E-state index in [2.05, 4.69) is 0 Å². The van der Waals surface area contributed by atoms with Gasteiger partial charge in [0.2, 0.25) is 5.91 Å². The molecule has 3 aromatic rings. The van der Waals surface area contributed by atoms with Crippen molar-refractivity contribution < 1.29 is 19.3 Å². The Hall–Kier alpha value is -4.04. The van der Waals surface area contributed by atoms with Gasteiger partial charge in [-0.3, -0.25) is 24.5 Å². The van der Waals surface area contributed by atoms with Crippen LogP contribution in [0.5, 0.6) is 0 Å². The molecule has 0 aromatic heterocycles. The number of hydrogen-bond acceptors (Lipinski definition) is 6. The van der Waals surface area contributed by atoms with Gasteiger partial charge in [0.05, 0.1) is 22.3 Å². The minimum atomic E-state index is -1.02. The maximum absolute atomic E-state index is 13.5. The number of hydrogen-bond donors (Lipinski definition) is 0. The van der Waals surface area contributed by atoms with E-state index in [1.165, 1.54) is 22.1 Å². The van der Waals surface area contributed by atoms with Gasteiger partial charge in [0.15, 0.2) is 6.10 Å². The van der Waals surface area contributed by atoms with Crippen LogP contribution in [0.3, 0.4) is 0 Å². The third kappa shape index (κ3) is 3.12. The molecular weight excluding hydrogens is 410 g/mol. The van der Waals surface area contributed by atoms with E-state index in [9.17, 15) is 19.7 Å². The molecule has 2 amide bonds. The zero-order valence-corrected chi connectivity index (χ0v) is 17.1. The van der Waals surface area contributed by atoms with E-state index in [-0.39, 0.29) is 11.6 Å². The lowest BCUT2D eigenvalue weighted by Gasteiger charge is -2.28. The third-order valence-electron chi connectivity index (χ3n) is 5.81. The van der Waals surface area contributed by atoms with E-state index in [1.54, 1.807) is 30.3 Å². The molecule has 2 heterocycles. The standard InChI is InChI=1S/C24H19N3O5/c1-15-7-5-10-17(13-15)25-23(28)20-21(16-8-3-2-4-9-16)26(32-22(20)24(25)29)18-11-6-12-19(14-18)27(30)31/h2-14,20-22H,1H3/t20-,21-,22+/m0/s1. The van der Waals surface area contributed by atoms with E-state index < -0.39 is 28.9 Å². The molecule has 2 saturated heterocycles. The van der Waals surface area contributed by atoms with Crippen molar-refractivity contribution in [3.63, 3.8) is 0 Å². The van der Waals surface area contributed by atoms with Crippen LogP contribution in [0.1, 0.15) is 17.2 Å². The number of non-ortho nitro benzene ring substituents is 1. The molecule has 3 aromatic carbocycles. The summed E-state index contributed by atoms with van der Waals surface area (Å²) in [5, 5.41) is 12.7. The summed E-state index contributed by atoms with van der Waals surface area (Å²) in [6.07, 6.45) is -1.02. The number of amides is 2. The van der Waals surface area contributed by atoms with Crippen LogP contribution in [0, 0.1) is 23.0 Å². The molecule has 0 saturated carbocycles. The molecule has 0 unspecified atom stereocenters. The Morgan fingerprint density at radius 3 is 2.31 bits per heavy atom. The molecular formula is C24H19N3O5. The van der Waals surface area contributed by atoms with Gasteiger partial charge < -0.3 is 0 Å². The normalized spacial score (nSPS) is 22.3. The monoisotopic (exact) mass is 429 g/mol. The van der Waals surface area contributed by atoms with E-state index in [0.29, 0.717) is 11.4 Å². The average Bonchev–Trinajstić information content (AvgIpc) is 3.30. The minimum Gasteiger partial charge on any atom is -0.273 e. The highest BCUT2D eigenvalue weighted by atomic mass is 16.7. The summed E-state index contributed by atoms with van der Waals surface area (Å²) in [7, 11) is 0. The van der Waals surface area contributed by atoms with Crippen molar-refractivity contribution in [2.24, 2.45) is 5.92 Å². The van der Waals surface area contributed by atoms with Crippen LogP contribution in [-0.2, 0) is 14.4 Å². The predicted octanol–water partition coefficient (Wildman–Crippen LogP) is 3.95. The SMILES string of the molecule is Cc1cccc(N2C(=O)[C@@H]3[C@@H](ON(c4cccc([N+](=O)[O-])c4)[C@H]3c3ccccc3)C2=O)c1. The molecule has 0 radical (unpaired) electrons. The molecule has 2 fully saturated rings. The van der Waals surface area contributed by atoms with Crippen LogP contribution < -0.4 is 9.96 Å². The lowest BCUT2D eigenvalue weighted by atomic mass is 9.90. The maximum atomic E-state index is 13.5. The van der Waals surface area contributed by atoms with Crippen LogP contribution in [0.25, 0.3) is 0 Å². The smallest absolute Gasteiger partial charge is 0.271 e. The van der Waals surface area contributed by atoms with E-state index in [4.69, 9.17) is 4.84 Å². The van der Waals surface area contributed by atoms with Gasteiger partial charge in [-0.15, -0.1) is 0 Å². The number of hydroxylamine groups is 1. The van der Waals surface area contributed by atoms with E-state index in [0.717, 1.165) is 11.1 Å². The molecule has 0 spiro atoms. The van der Waals surface area contributed by atoms with Gasteiger partial charge in [0.1, 0.15) is 5.92 Å². The van der Waals surface area contributed by atoms with E-state index in [1.807, 2.05) is 43.3 Å². The summed E-state index contributed by atoms with van der Waals surface area (Å²) in [6.45, 7) is 1.89. The summed E-state index contributed by atoms with van der Waals surface area (Å²) in [5.41, 5.74) is 2.52. The number of nitro groups is 1. The molecule has 8 heteroatoms. The number of nitrogens with zero attached hydrogens (tertiary/aromatic N) is 3. The Morgan fingerprint density at radius 1 is 0.875 bits per heavy atom. The minimum absolute atomic E-state index is 0.103. The van der Waals surface area contributed by atoms with Crippen molar-refractivity contribution >= 4 is 28.9 Å². The van der Waals surface area contributed by atoms with Crippen LogP contribution in [0.15, 0.2) is 78.9 Å². The first-order valence-electron chi connectivity index (χ1n) is 10.2. The van der Waals surface area contributed by atoms with Crippen molar-refractivity contribution in [3.8, 4) is 0 Å². The van der Waals surface area contributed by atoms with Crippen molar-refractivity contribution in [1.82, 2.24) is 0 Å². The Kier molecular flexibility index (Phi) is 4.71. The highest BCUT2D eigenvalue weighted by Gasteiger charge is 2.60. The second kappa shape index (κ2) is 7.58. The quantitative estimate of drug-likeness (QED) is 0.354. The summed E-state index contributed by atoms with van der Waals surface area (Å²) >= 11 is 0. The molecule has 0 N–H and O–H groups in total. The van der Waals surface area contributed by atoms with Gasteiger partial charge in [-0.05, 0) is 36.2 Å². The molecule has 0 aliphatic carbocycles. The number of carbonyl (C=O) groups is 2. The zero-order valence-electron chi connectivity index (χ0n) is 17.1. The number of nitro benzene ring substituents is 1. The predicted molar refractivity (Wildman–Crippen MR) is 117 cm³/mol. The van der Waals surface area contributed by atoms with Gasteiger partial charge in [-0.25, -0.2) is 9.96 Å². The van der Waals surface area contributed by atoms with Crippen molar-refractivity contribution in [2.75, 3.05) is 9.96 Å². The Labute approximate surface area is 183 Å². The van der Waals surface area contributed by atoms with Gasteiger partial charge in [0, 0.05) is 12.1 Å². The fourth-order valence-corrected chi connectivity index (χ4v) is 4.39. The lowest BCUT2D eigenvalue weighted by Crippen LogP contribution is -2.37. The van der Waals surface area contributed by atoms with Crippen LogP contribution >= 0.6 is 0 Å². The molecule has 8 nitrogen and oxygen atoms in total. The zero-order chi connectivity index (χ0) is 22.4. The molecule has 3 atom stereocenters. The summed E-state index contributed by atoms with van der Waals surface area (Å²) in [4.78, 5) is 44.8. The number of carbonyl (C=O) groups excluding carboxylic acids is 2. The summed E-state index contributed by atoms with van der Waals surface area (Å²) in [5.74, 6) is -1.59. The highest BCUT2D eigenvalue weighted by molar-refractivity contribution is 6.24. The van der Waals surface area contributed by atoms with Gasteiger partial charge in [-0.2, -0.15) is 0 Å². The summed E-state index contributed by atoms with van der Waals surface area (Å²) < 4.78 is 0. The molecule has 32 heavy (non-hydrogen) atoms. The second-order valence-corrected chi connectivity index (χ2v) is 7.86. The van der Waals surface area contributed by atoms with Gasteiger partial charge in [-0.1, -0.05) is 48.5 Å². The number of anilines is 2. The van der Waals surface area contributed by atoms with Crippen LogP contribution in [0.4, 0.5) is 17.1 Å². The molecule has 2 aliphatic rings. The highest BCUT2D eigenvalue weighted by Crippen LogP contribution is 2.47. The second-order valence-electron chi connectivity index (χ2n) is 7.86. The fourth-order valence-electron chi connectivity index (χ4n) is 4.39. The topological polar surface area (TPSA) is 93.0 Å². The Bertz CT molecular complexity index is 1230. The Balaban J connectivity index is 1.59. The Morgan fingerprint density at radius 2 is 1.59 bits per heavy atom.